The van der Waals surface area contributed by atoms with Crippen molar-refractivity contribution in [1.29, 1.82) is 0 Å². The van der Waals surface area contributed by atoms with Gasteiger partial charge in [0.25, 0.3) is 5.91 Å². The van der Waals surface area contributed by atoms with Crippen LogP contribution >= 0.6 is 11.3 Å². The Morgan fingerprint density at radius 3 is 2.54 bits per heavy atom. The SMILES string of the molecule is Cc1ccc(NC(=O)c2nnc(CCC(=O)NCc3cccc(C)c3)s2)cc1. The molecule has 0 unspecified atom stereocenters. The van der Waals surface area contributed by atoms with Crippen LogP contribution in [0.3, 0.4) is 0 Å². The summed E-state index contributed by atoms with van der Waals surface area (Å²) < 4.78 is 0. The van der Waals surface area contributed by atoms with Crippen molar-refractivity contribution in [2.45, 2.75) is 33.2 Å². The summed E-state index contributed by atoms with van der Waals surface area (Å²) in [7, 11) is 0. The summed E-state index contributed by atoms with van der Waals surface area (Å²) in [4.78, 5) is 24.3. The Morgan fingerprint density at radius 1 is 1.00 bits per heavy atom. The quantitative estimate of drug-likeness (QED) is 0.641. The Hall–Kier alpha value is -3.06. The average Bonchev–Trinajstić information content (AvgIpc) is 3.16. The van der Waals surface area contributed by atoms with Crippen LogP contribution in [-0.2, 0) is 17.8 Å². The maximum atomic E-state index is 12.3. The first-order valence-electron chi connectivity index (χ1n) is 9.02. The van der Waals surface area contributed by atoms with Crippen LogP contribution in [-0.4, -0.2) is 22.0 Å². The molecule has 2 amide bonds. The van der Waals surface area contributed by atoms with Gasteiger partial charge in [-0.25, -0.2) is 0 Å². The molecule has 0 aliphatic heterocycles. The van der Waals surface area contributed by atoms with E-state index < -0.39 is 0 Å². The number of aromatic nitrogens is 2. The number of nitrogens with zero attached hydrogens (tertiary/aromatic N) is 2. The molecule has 28 heavy (non-hydrogen) atoms. The average molecular weight is 395 g/mol. The Kier molecular flexibility index (Phi) is 6.49. The fourth-order valence-electron chi connectivity index (χ4n) is 2.60. The third kappa shape index (κ3) is 5.72. The smallest absolute Gasteiger partial charge is 0.286 e. The van der Waals surface area contributed by atoms with Gasteiger partial charge in [-0.2, -0.15) is 0 Å². The van der Waals surface area contributed by atoms with Crippen molar-refractivity contribution in [1.82, 2.24) is 15.5 Å². The second kappa shape index (κ2) is 9.23. The van der Waals surface area contributed by atoms with Crippen molar-refractivity contribution in [2.24, 2.45) is 0 Å². The fraction of sp³-hybridized carbons (Fsp3) is 0.238. The number of carbonyl (C=O) groups excluding carboxylic acids is 2. The van der Waals surface area contributed by atoms with E-state index >= 15 is 0 Å². The van der Waals surface area contributed by atoms with Crippen LogP contribution in [0.4, 0.5) is 5.69 Å². The summed E-state index contributed by atoms with van der Waals surface area (Å²) in [5, 5.41) is 14.6. The van der Waals surface area contributed by atoms with E-state index in [1.165, 1.54) is 11.3 Å². The van der Waals surface area contributed by atoms with Crippen molar-refractivity contribution >= 4 is 28.8 Å². The van der Waals surface area contributed by atoms with Gasteiger partial charge in [0.2, 0.25) is 10.9 Å². The summed E-state index contributed by atoms with van der Waals surface area (Å²) >= 11 is 1.21. The summed E-state index contributed by atoms with van der Waals surface area (Å²) in [6.07, 6.45) is 0.759. The lowest BCUT2D eigenvalue weighted by Crippen LogP contribution is -2.23. The van der Waals surface area contributed by atoms with Gasteiger partial charge < -0.3 is 10.6 Å². The Labute approximate surface area is 168 Å². The van der Waals surface area contributed by atoms with Crippen LogP contribution in [0, 0.1) is 13.8 Å². The van der Waals surface area contributed by atoms with Gasteiger partial charge in [0, 0.05) is 25.1 Å². The van der Waals surface area contributed by atoms with Crippen LogP contribution < -0.4 is 10.6 Å². The first-order valence-corrected chi connectivity index (χ1v) is 9.84. The Morgan fingerprint density at radius 2 is 1.79 bits per heavy atom. The molecule has 3 rings (SSSR count). The standard InChI is InChI=1S/C21H22N4O2S/c1-14-6-8-17(9-7-14)23-20(27)21-25-24-19(28-21)11-10-18(26)22-13-16-5-3-4-15(2)12-16/h3-9,12H,10-11,13H2,1-2H3,(H,22,26)(H,23,27). The van der Waals surface area contributed by atoms with Gasteiger partial charge in [-0.05, 0) is 31.5 Å². The van der Waals surface area contributed by atoms with Gasteiger partial charge in [0.05, 0.1) is 0 Å². The second-order valence-electron chi connectivity index (χ2n) is 6.59. The molecular formula is C21H22N4O2S. The molecular weight excluding hydrogens is 372 g/mol. The molecule has 1 heterocycles. The van der Waals surface area contributed by atoms with Gasteiger partial charge in [-0.15, -0.1) is 10.2 Å². The predicted molar refractivity (Wildman–Crippen MR) is 110 cm³/mol. The van der Waals surface area contributed by atoms with E-state index in [1.54, 1.807) is 0 Å². The van der Waals surface area contributed by atoms with E-state index in [9.17, 15) is 9.59 Å². The lowest BCUT2D eigenvalue weighted by molar-refractivity contribution is -0.121. The van der Waals surface area contributed by atoms with E-state index in [0.29, 0.717) is 30.1 Å². The highest BCUT2D eigenvalue weighted by Gasteiger charge is 2.14. The molecule has 3 aromatic rings. The zero-order chi connectivity index (χ0) is 19.9. The van der Waals surface area contributed by atoms with E-state index in [4.69, 9.17) is 0 Å². The van der Waals surface area contributed by atoms with Crippen LogP contribution in [0.15, 0.2) is 48.5 Å². The number of anilines is 1. The molecule has 0 saturated carbocycles. The van der Waals surface area contributed by atoms with Crippen molar-refractivity contribution in [2.75, 3.05) is 5.32 Å². The van der Waals surface area contributed by atoms with E-state index in [0.717, 1.165) is 16.7 Å². The number of nitrogens with one attached hydrogen (secondary N) is 2. The van der Waals surface area contributed by atoms with Crippen molar-refractivity contribution in [3.8, 4) is 0 Å². The third-order valence-corrected chi connectivity index (χ3v) is 5.09. The van der Waals surface area contributed by atoms with Crippen molar-refractivity contribution < 1.29 is 9.59 Å². The molecule has 2 N–H and O–H groups in total. The number of benzene rings is 2. The maximum Gasteiger partial charge on any atom is 0.286 e. The third-order valence-electron chi connectivity index (χ3n) is 4.11. The van der Waals surface area contributed by atoms with Gasteiger partial charge in [-0.3, -0.25) is 9.59 Å². The van der Waals surface area contributed by atoms with Crippen LogP contribution in [0.2, 0.25) is 0 Å². The predicted octanol–water partition coefficient (Wildman–Crippen LogP) is 3.66. The number of aryl methyl sites for hydroxylation is 3. The molecule has 0 aliphatic rings. The van der Waals surface area contributed by atoms with E-state index in [2.05, 4.69) is 20.8 Å². The van der Waals surface area contributed by atoms with Crippen LogP contribution in [0.5, 0.6) is 0 Å². The molecule has 6 nitrogen and oxygen atoms in total. The molecule has 7 heteroatoms. The minimum atomic E-state index is -0.295. The van der Waals surface area contributed by atoms with Gasteiger partial charge in [0.1, 0.15) is 5.01 Å². The summed E-state index contributed by atoms with van der Waals surface area (Å²) in [6, 6.07) is 15.6. The van der Waals surface area contributed by atoms with Crippen molar-refractivity contribution in [3.05, 3.63) is 75.2 Å². The summed E-state index contributed by atoms with van der Waals surface area (Å²) in [5.41, 5.74) is 4.07. The highest BCUT2D eigenvalue weighted by molar-refractivity contribution is 7.13. The van der Waals surface area contributed by atoms with E-state index in [1.807, 2.05) is 62.4 Å². The molecule has 144 valence electrons. The highest BCUT2D eigenvalue weighted by atomic mass is 32.1. The highest BCUT2D eigenvalue weighted by Crippen LogP contribution is 2.15. The monoisotopic (exact) mass is 394 g/mol. The summed E-state index contributed by atoms with van der Waals surface area (Å²) in [6.45, 7) is 4.51. The number of rotatable bonds is 7. The molecule has 2 aromatic carbocycles. The zero-order valence-electron chi connectivity index (χ0n) is 15.9. The summed E-state index contributed by atoms with van der Waals surface area (Å²) in [5.74, 6) is -0.348. The van der Waals surface area contributed by atoms with E-state index in [-0.39, 0.29) is 16.8 Å². The lowest BCUT2D eigenvalue weighted by atomic mass is 10.1. The zero-order valence-corrected chi connectivity index (χ0v) is 16.7. The molecule has 0 saturated heterocycles. The van der Waals surface area contributed by atoms with Gasteiger partial charge in [0.15, 0.2) is 0 Å². The number of carbonyl (C=O) groups is 2. The minimum absolute atomic E-state index is 0.0534. The molecule has 0 bridgehead atoms. The Balaban J connectivity index is 1.46. The van der Waals surface area contributed by atoms with Gasteiger partial charge in [-0.1, -0.05) is 58.9 Å². The second-order valence-corrected chi connectivity index (χ2v) is 7.65. The number of amides is 2. The number of hydrogen-bond donors (Lipinski definition) is 2. The van der Waals surface area contributed by atoms with Gasteiger partial charge >= 0.3 is 0 Å². The maximum absolute atomic E-state index is 12.3. The first-order chi connectivity index (χ1) is 13.5. The number of hydrogen-bond acceptors (Lipinski definition) is 5. The first kappa shape index (κ1) is 19.7. The van der Waals surface area contributed by atoms with Crippen LogP contribution in [0.25, 0.3) is 0 Å². The Bertz CT molecular complexity index is 967. The fourth-order valence-corrected chi connectivity index (χ4v) is 3.33. The molecule has 0 fully saturated rings. The molecule has 0 radical (unpaired) electrons. The normalized spacial score (nSPS) is 10.5. The molecule has 0 atom stereocenters. The largest absolute Gasteiger partial charge is 0.352 e. The molecule has 0 spiro atoms. The van der Waals surface area contributed by atoms with Crippen LogP contribution in [0.1, 0.15) is 37.9 Å². The minimum Gasteiger partial charge on any atom is -0.352 e. The molecule has 0 aliphatic carbocycles. The molecule has 1 aromatic heterocycles. The lowest BCUT2D eigenvalue weighted by Gasteiger charge is -2.05. The van der Waals surface area contributed by atoms with Crippen molar-refractivity contribution in [3.63, 3.8) is 0 Å². The topological polar surface area (TPSA) is 84.0 Å².